The van der Waals surface area contributed by atoms with Gasteiger partial charge in [-0.3, -0.25) is 10.1 Å². The first-order valence-electron chi connectivity index (χ1n) is 9.46. The van der Waals surface area contributed by atoms with Crippen molar-refractivity contribution in [3.8, 4) is 5.75 Å². The molecule has 2 N–H and O–H groups in total. The Morgan fingerprint density at radius 2 is 1.88 bits per heavy atom. The molecule has 0 atom stereocenters. The van der Waals surface area contributed by atoms with Crippen molar-refractivity contribution in [1.29, 1.82) is 0 Å². The lowest BCUT2D eigenvalue weighted by atomic mass is 10.2. The molecule has 174 valence electrons. The highest BCUT2D eigenvalue weighted by atomic mass is 35.5. The maximum Gasteiger partial charge on any atom is 0.307 e. The quantitative estimate of drug-likeness (QED) is 0.331. The van der Waals surface area contributed by atoms with Crippen molar-refractivity contribution < 1.29 is 22.5 Å². The molecule has 0 saturated heterocycles. The van der Waals surface area contributed by atoms with E-state index in [4.69, 9.17) is 16.3 Å². The van der Waals surface area contributed by atoms with Crippen molar-refractivity contribution in [2.24, 2.45) is 0 Å². The second kappa shape index (κ2) is 9.55. The fraction of sp³-hybridized carbons (Fsp3) is 0.200. The zero-order valence-electron chi connectivity index (χ0n) is 17.7. The highest BCUT2D eigenvalue weighted by Gasteiger charge is 2.23. The number of nitrogens with one attached hydrogen (secondary N) is 2. The van der Waals surface area contributed by atoms with Crippen LogP contribution in [-0.2, 0) is 9.84 Å². The number of nitro benzene ring substituents is 1. The fourth-order valence-electron chi connectivity index (χ4n) is 2.79. The molecule has 0 bridgehead atoms. The van der Waals surface area contributed by atoms with Crippen LogP contribution in [0.3, 0.4) is 0 Å². The molecule has 3 rings (SSSR count). The van der Waals surface area contributed by atoms with Gasteiger partial charge in [-0.1, -0.05) is 23.7 Å². The third-order valence-electron chi connectivity index (χ3n) is 4.52. The van der Waals surface area contributed by atoms with Gasteiger partial charge in [-0.2, -0.15) is 9.37 Å². The summed E-state index contributed by atoms with van der Waals surface area (Å²) in [7, 11) is -2.33. The van der Waals surface area contributed by atoms with Crippen LogP contribution in [0.5, 0.6) is 5.75 Å². The van der Waals surface area contributed by atoms with E-state index in [2.05, 4.69) is 20.6 Å². The van der Waals surface area contributed by atoms with Crippen molar-refractivity contribution in [2.45, 2.75) is 24.0 Å². The Morgan fingerprint density at radius 3 is 2.52 bits per heavy atom. The van der Waals surface area contributed by atoms with Gasteiger partial charge in [-0.05, 0) is 26.0 Å². The van der Waals surface area contributed by atoms with Crippen molar-refractivity contribution in [2.75, 3.05) is 17.7 Å². The number of ether oxygens (including phenoxy) is 1. The van der Waals surface area contributed by atoms with E-state index < -0.39 is 31.5 Å². The number of aromatic nitrogens is 2. The Kier molecular flexibility index (Phi) is 6.98. The molecule has 0 amide bonds. The number of para-hydroxylation sites is 1. The first-order chi connectivity index (χ1) is 15.5. The molecule has 10 nitrogen and oxygen atoms in total. The van der Waals surface area contributed by atoms with E-state index >= 15 is 0 Å². The van der Waals surface area contributed by atoms with Crippen molar-refractivity contribution in [3.05, 3.63) is 63.5 Å². The molecular weight excluding hydrogens is 477 g/mol. The molecule has 33 heavy (non-hydrogen) atoms. The summed E-state index contributed by atoms with van der Waals surface area (Å²) in [6, 6.07) is 8.09. The van der Waals surface area contributed by atoms with Crippen molar-refractivity contribution in [1.82, 2.24) is 9.97 Å². The predicted octanol–water partition coefficient (Wildman–Crippen LogP) is 4.86. The first kappa shape index (κ1) is 24.1. The number of benzene rings is 2. The van der Waals surface area contributed by atoms with Crippen LogP contribution in [0, 0.1) is 15.9 Å². The van der Waals surface area contributed by atoms with Crippen molar-refractivity contribution in [3.63, 3.8) is 0 Å². The summed E-state index contributed by atoms with van der Waals surface area (Å²) >= 11 is 6.20. The number of hydrogen-bond donors (Lipinski definition) is 2. The van der Waals surface area contributed by atoms with E-state index in [1.54, 1.807) is 32.0 Å². The monoisotopic (exact) mass is 495 g/mol. The third-order valence-corrected chi connectivity index (χ3v) is 7.01. The maximum absolute atomic E-state index is 13.9. The Morgan fingerprint density at radius 1 is 1.18 bits per heavy atom. The van der Waals surface area contributed by atoms with Crippen LogP contribution in [0.15, 0.2) is 47.5 Å². The minimum atomic E-state index is -3.61. The molecule has 3 aromatic rings. The van der Waals surface area contributed by atoms with Crippen molar-refractivity contribution >= 4 is 50.3 Å². The average molecular weight is 496 g/mol. The van der Waals surface area contributed by atoms with Crippen LogP contribution in [0.25, 0.3) is 0 Å². The Bertz CT molecular complexity index is 1320. The van der Waals surface area contributed by atoms with Crippen LogP contribution in [0.2, 0.25) is 5.02 Å². The Labute approximate surface area is 193 Å². The van der Waals surface area contributed by atoms with E-state index in [9.17, 15) is 22.9 Å². The molecule has 0 fully saturated rings. The number of methoxy groups -OCH3 is 1. The molecule has 13 heteroatoms. The Hall–Kier alpha value is -3.51. The van der Waals surface area contributed by atoms with Gasteiger partial charge < -0.3 is 15.4 Å². The number of sulfone groups is 1. The van der Waals surface area contributed by atoms with Crippen LogP contribution < -0.4 is 15.4 Å². The lowest BCUT2D eigenvalue weighted by Gasteiger charge is -2.15. The smallest absolute Gasteiger partial charge is 0.307 e. The maximum atomic E-state index is 13.9. The average Bonchev–Trinajstić information content (AvgIpc) is 2.76. The normalized spacial score (nSPS) is 11.3. The zero-order chi connectivity index (χ0) is 24.3. The molecular formula is C20H19ClFN5O5S. The van der Waals surface area contributed by atoms with E-state index in [0.717, 1.165) is 12.1 Å². The van der Waals surface area contributed by atoms with Gasteiger partial charge in [-0.25, -0.2) is 13.4 Å². The van der Waals surface area contributed by atoms with E-state index in [0.29, 0.717) is 0 Å². The number of rotatable bonds is 8. The minimum Gasteiger partial charge on any atom is -0.494 e. The predicted molar refractivity (Wildman–Crippen MR) is 122 cm³/mol. The molecule has 0 spiro atoms. The topological polar surface area (TPSA) is 136 Å². The van der Waals surface area contributed by atoms with Crippen LogP contribution in [0.1, 0.15) is 13.8 Å². The van der Waals surface area contributed by atoms with Gasteiger partial charge in [0.25, 0.3) is 0 Å². The fourth-order valence-corrected chi connectivity index (χ4v) is 4.13. The van der Waals surface area contributed by atoms with Gasteiger partial charge in [0.2, 0.25) is 11.8 Å². The molecule has 0 aliphatic heterocycles. The number of nitrogens with zero attached hydrogens (tertiary/aromatic N) is 3. The van der Waals surface area contributed by atoms with Gasteiger partial charge in [0.1, 0.15) is 10.8 Å². The minimum absolute atomic E-state index is 0.0143. The van der Waals surface area contributed by atoms with E-state index in [-0.39, 0.29) is 38.8 Å². The van der Waals surface area contributed by atoms with Crippen LogP contribution in [-0.4, -0.2) is 35.7 Å². The lowest BCUT2D eigenvalue weighted by molar-refractivity contribution is -0.387. The third kappa shape index (κ3) is 5.12. The molecule has 0 unspecified atom stereocenters. The number of halogens is 2. The van der Waals surface area contributed by atoms with E-state index in [1.807, 2.05) is 0 Å². The number of nitro groups is 1. The van der Waals surface area contributed by atoms with E-state index in [1.165, 1.54) is 19.4 Å². The molecule has 0 aliphatic carbocycles. The van der Waals surface area contributed by atoms with Crippen LogP contribution in [0.4, 0.5) is 33.2 Å². The zero-order valence-corrected chi connectivity index (χ0v) is 19.2. The molecule has 0 radical (unpaired) electrons. The molecule has 0 aliphatic rings. The summed E-state index contributed by atoms with van der Waals surface area (Å²) < 4.78 is 44.4. The summed E-state index contributed by atoms with van der Waals surface area (Å²) in [5, 5.41) is 16.1. The summed E-state index contributed by atoms with van der Waals surface area (Å²) in [6.45, 7) is 3.14. The summed E-state index contributed by atoms with van der Waals surface area (Å²) in [5.74, 6) is -1.05. The highest BCUT2D eigenvalue weighted by molar-refractivity contribution is 7.92. The highest BCUT2D eigenvalue weighted by Crippen LogP contribution is 2.34. The second-order valence-corrected chi connectivity index (χ2v) is 9.87. The molecule has 1 aromatic heterocycles. The SMILES string of the molecule is COc1cc(F)c([N+](=O)[O-])cc1Nc1ncc(Cl)c(Nc2ccccc2S(=O)(=O)C(C)C)n1. The van der Waals surface area contributed by atoms with Gasteiger partial charge in [0, 0.05) is 12.1 Å². The summed E-state index contributed by atoms with van der Waals surface area (Å²) in [4.78, 5) is 18.5. The van der Waals surface area contributed by atoms with Crippen LogP contribution >= 0.6 is 11.6 Å². The lowest BCUT2D eigenvalue weighted by Crippen LogP contribution is -2.15. The largest absolute Gasteiger partial charge is 0.494 e. The second-order valence-electron chi connectivity index (χ2n) is 6.99. The summed E-state index contributed by atoms with van der Waals surface area (Å²) in [5.41, 5.74) is -0.465. The number of hydrogen-bond acceptors (Lipinski definition) is 9. The van der Waals surface area contributed by atoms with Gasteiger partial charge >= 0.3 is 5.69 Å². The summed E-state index contributed by atoms with van der Waals surface area (Å²) in [6.07, 6.45) is 1.25. The molecule has 1 heterocycles. The molecule has 2 aromatic carbocycles. The van der Waals surface area contributed by atoms with Gasteiger partial charge in [0.15, 0.2) is 15.7 Å². The van der Waals surface area contributed by atoms with Gasteiger partial charge in [-0.15, -0.1) is 0 Å². The first-order valence-corrected chi connectivity index (χ1v) is 11.4. The number of anilines is 4. The molecule has 0 saturated carbocycles. The standard InChI is InChI=1S/C20H19ClFN5O5S/c1-11(2)33(30,31)18-7-5-4-6-14(18)24-19-12(21)10-23-20(26-19)25-15-9-16(27(28)29)13(22)8-17(15)32-3/h4-11H,1-3H3,(H2,23,24,25,26). The Balaban J connectivity index is 1.99. The van der Waals surface area contributed by atoms with Gasteiger partial charge in [0.05, 0.1) is 39.8 Å².